The highest BCUT2D eigenvalue weighted by molar-refractivity contribution is 7.91. The lowest BCUT2D eigenvalue weighted by Crippen LogP contribution is -2.46. The molecule has 2 rings (SSSR count). The number of ketones is 1. The Labute approximate surface area is 165 Å². The van der Waals surface area contributed by atoms with E-state index in [0.29, 0.717) is 31.4 Å². The van der Waals surface area contributed by atoms with E-state index in [1.807, 2.05) is 0 Å². The van der Waals surface area contributed by atoms with Gasteiger partial charge in [0, 0.05) is 12.8 Å². The van der Waals surface area contributed by atoms with Crippen LogP contribution in [-0.2, 0) is 24.2 Å². The van der Waals surface area contributed by atoms with Crippen LogP contribution < -0.4 is 10.1 Å². The number of rotatable bonds is 8. The van der Waals surface area contributed by atoms with Crippen LogP contribution >= 0.6 is 0 Å². The third-order valence-corrected chi connectivity index (χ3v) is 6.22. The number of benzene rings is 1. The molecule has 1 N–H and O–H groups in total. The fourth-order valence-corrected chi connectivity index (χ4v) is 4.20. The quantitative estimate of drug-likeness (QED) is 0.517. The minimum absolute atomic E-state index is 0.122. The third-order valence-electron chi connectivity index (χ3n) is 4.68. The number of esters is 1. The Morgan fingerprint density at radius 3 is 2.46 bits per heavy atom. The molecule has 0 aliphatic heterocycles. The lowest BCUT2D eigenvalue weighted by Gasteiger charge is -2.28. The molecule has 0 heterocycles. The molecule has 1 aromatic rings. The van der Waals surface area contributed by atoms with Gasteiger partial charge in [-0.25, -0.2) is 8.42 Å². The summed E-state index contributed by atoms with van der Waals surface area (Å²) in [6, 6.07) is 5.28. The number of carbonyl (C=O) groups excluding carboxylic acids is 2. The van der Waals surface area contributed by atoms with E-state index in [-0.39, 0.29) is 23.2 Å². The molecule has 1 aromatic carbocycles. The first-order valence-electron chi connectivity index (χ1n) is 9.05. The fourth-order valence-electron chi connectivity index (χ4n) is 3.08. The molecule has 0 bridgehead atoms. The summed E-state index contributed by atoms with van der Waals surface area (Å²) in [5.74, 6) is 5.11. The molecule has 28 heavy (non-hydrogen) atoms. The zero-order chi connectivity index (χ0) is 20.6. The van der Waals surface area contributed by atoms with Crippen molar-refractivity contribution in [2.45, 2.75) is 43.5 Å². The maximum Gasteiger partial charge on any atom is 0.323 e. The van der Waals surface area contributed by atoms with Crippen molar-refractivity contribution in [3.8, 4) is 17.6 Å². The third kappa shape index (κ3) is 6.08. The Hall–Kier alpha value is -2.37. The van der Waals surface area contributed by atoms with E-state index in [0.717, 1.165) is 0 Å². The number of nitrogens with one attached hydrogen (secondary N) is 1. The molecule has 1 aliphatic rings. The summed E-state index contributed by atoms with van der Waals surface area (Å²) in [6.45, 7) is 1.94. The minimum atomic E-state index is -3.66. The number of ether oxygens (including phenoxy) is 2. The molecule has 0 spiro atoms. The van der Waals surface area contributed by atoms with Gasteiger partial charge >= 0.3 is 5.97 Å². The lowest BCUT2D eigenvalue weighted by atomic mass is 9.83. The van der Waals surface area contributed by atoms with Crippen LogP contribution in [0.3, 0.4) is 0 Å². The molecule has 0 radical (unpaired) electrons. The van der Waals surface area contributed by atoms with Crippen LogP contribution in [0.4, 0.5) is 0 Å². The first kappa shape index (κ1) is 21.9. The Morgan fingerprint density at radius 1 is 1.25 bits per heavy atom. The molecule has 0 saturated heterocycles. The molecule has 1 fully saturated rings. The Bertz CT molecular complexity index is 841. The van der Waals surface area contributed by atoms with Crippen LogP contribution in [-0.4, -0.2) is 45.8 Å². The van der Waals surface area contributed by atoms with Crippen molar-refractivity contribution >= 4 is 21.6 Å². The Morgan fingerprint density at radius 2 is 1.89 bits per heavy atom. The molecule has 7 nitrogen and oxygen atoms in total. The molecule has 0 aromatic heterocycles. The second-order valence-corrected chi connectivity index (χ2v) is 8.52. The number of Topliss-reactive ketones (excluding diaryl/α,β-unsaturated/α-hetero) is 1. The number of methoxy groups -OCH3 is 1. The summed E-state index contributed by atoms with van der Waals surface area (Å²) < 4.78 is 35.4. The van der Waals surface area contributed by atoms with Crippen molar-refractivity contribution in [3.05, 3.63) is 24.3 Å². The van der Waals surface area contributed by atoms with Crippen LogP contribution in [0.1, 0.15) is 32.6 Å². The van der Waals surface area contributed by atoms with E-state index < -0.39 is 27.7 Å². The van der Waals surface area contributed by atoms with Crippen LogP contribution in [0.25, 0.3) is 0 Å². The van der Waals surface area contributed by atoms with E-state index in [4.69, 9.17) is 9.47 Å². The van der Waals surface area contributed by atoms with Gasteiger partial charge in [-0.15, -0.1) is 5.92 Å². The van der Waals surface area contributed by atoms with E-state index in [1.165, 1.54) is 19.2 Å². The summed E-state index contributed by atoms with van der Waals surface area (Å²) >= 11 is 0. The summed E-state index contributed by atoms with van der Waals surface area (Å²) in [4.78, 5) is 23.7. The molecule has 0 amide bonds. The van der Waals surface area contributed by atoms with E-state index in [2.05, 4.69) is 17.2 Å². The number of hydrogen-bond donors (Lipinski definition) is 1. The van der Waals surface area contributed by atoms with Crippen LogP contribution in [0.2, 0.25) is 0 Å². The average molecular weight is 407 g/mol. The zero-order valence-corrected chi connectivity index (χ0v) is 16.9. The zero-order valence-electron chi connectivity index (χ0n) is 16.1. The smallest absolute Gasteiger partial charge is 0.323 e. The van der Waals surface area contributed by atoms with E-state index >= 15 is 0 Å². The van der Waals surface area contributed by atoms with Crippen molar-refractivity contribution in [2.24, 2.45) is 5.92 Å². The van der Waals surface area contributed by atoms with Crippen LogP contribution in [0, 0.1) is 17.8 Å². The predicted octanol–water partition coefficient (Wildman–Crippen LogP) is 1.71. The van der Waals surface area contributed by atoms with Crippen molar-refractivity contribution in [1.29, 1.82) is 0 Å². The molecule has 1 atom stereocenters. The Kier molecular flexibility index (Phi) is 8.03. The normalized spacial score (nSPS) is 16.0. The van der Waals surface area contributed by atoms with Gasteiger partial charge in [0.05, 0.1) is 12.0 Å². The van der Waals surface area contributed by atoms with Gasteiger partial charge in [-0.2, -0.15) is 0 Å². The summed E-state index contributed by atoms with van der Waals surface area (Å²) in [5, 5.41) is 2.83. The monoisotopic (exact) mass is 407 g/mol. The minimum Gasteiger partial charge on any atom is -0.481 e. The summed E-state index contributed by atoms with van der Waals surface area (Å²) in [7, 11) is -2.39. The molecule has 8 heteroatoms. The summed E-state index contributed by atoms with van der Waals surface area (Å²) in [5.41, 5.74) is 0. The largest absolute Gasteiger partial charge is 0.481 e. The van der Waals surface area contributed by atoms with Gasteiger partial charge in [0.15, 0.2) is 9.84 Å². The standard InChI is InChI=1S/C20H25NO6S/c1-3-4-13-27-17-9-11-18(12-10-17)28(24,25)14-21-19(20(23)26-2)15-5-7-16(22)8-6-15/h9-12,15,19,21H,5-8,13-14H2,1-2H3/t19-/m1/s1. The molecular formula is C20H25NO6S. The van der Waals surface area contributed by atoms with Gasteiger partial charge in [-0.05, 0) is 49.9 Å². The van der Waals surface area contributed by atoms with Crippen molar-refractivity contribution in [2.75, 3.05) is 19.6 Å². The van der Waals surface area contributed by atoms with Crippen LogP contribution in [0.15, 0.2) is 29.2 Å². The highest BCUT2D eigenvalue weighted by atomic mass is 32.2. The number of hydrogen-bond acceptors (Lipinski definition) is 7. The van der Waals surface area contributed by atoms with Crippen LogP contribution in [0.5, 0.6) is 5.75 Å². The van der Waals surface area contributed by atoms with E-state index in [1.54, 1.807) is 19.1 Å². The van der Waals surface area contributed by atoms with Gasteiger partial charge in [0.1, 0.15) is 30.1 Å². The van der Waals surface area contributed by atoms with Crippen molar-refractivity contribution in [3.63, 3.8) is 0 Å². The van der Waals surface area contributed by atoms with Crippen molar-refractivity contribution < 1.29 is 27.5 Å². The van der Waals surface area contributed by atoms with Gasteiger partial charge in [-0.3, -0.25) is 14.9 Å². The molecule has 0 unspecified atom stereocenters. The summed E-state index contributed by atoms with van der Waals surface area (Å²) in [6.07, 6.45) is 1.88. The maximum atomic E-state index is 12.6. The molecular weight excluding hydrogens is 382 g/mol. The SMILES string of the molecule is CC#CCOc1ccc(S(=O)(=O)CN[C@@H](C(=O)OC)C2CCC(=O)CC2)cc1. The number of sulfone groups is 1. The first-order valence-corrected chi connectivity index (χ1v) is 10.7. The molecule has 1 aliphatic carbocycles. The van der Waals surface area contributed by atoms with Gasteiger partial charge in [0.2, 0.25) is 0 Å². The predicted molar refractivity (Wildman–Crippen MR) is 103 cm³/mol. The molecule has 152 valence electrons. The first-order chi connectivity index (χ1) is 13.4. The number of carbonyl (C=O) groups is 2. The van der Waals surface area contributed by atoms with Crippen molar-refractivity contribution in [1.82, 2.24) is 5.32 Å². The highest BCUT2D eigenvalue weighted by Crippen LogP contribution is 2.26. The fraction of sp³-hybridized carbons (Fsp3) is 0.500. The van der Waals surface area contributed by atoms with Gasteiger partial charge in [-0.1, -0.05) is 5.92 Å². The highest BCUT2D eigenvalue weighted by Gasteiger charge is 2.33. The van der Waals surface area contributed by atoms with Gasteiger partial charge < -0.3 is 9.47 Å². The van der Waals surface area contributed by atoms with Gasteiger partial charge in [0.25, 0.3) is 0 Å². The lowest BCUT2D eigenvalue weighted by molar-refractivity contribution is -0.145. The second kappa shape index (κ2) is 10.2. The topological polar surface area (TPSA) is 98.8 Å². The second-order valence-electron chi connectivity index (χ2n) is 6.53. The molecule has 1 saturated carbocycles. The maximum absolute atomic E-state index is 12.6. The average Bonchev–Trinajstić information content (AvgIpc) is 2.69. The Balaban J connectivity index is 2.03. The van der Waals surface area contributed by atoms with E-state index in [9.17, 15) is 18.0 Å².